The first-order valence-electron chi connectivity index (χ1n) is 12.7. The number of esters is 1. The molecule has 0 radical (unpaired) electrons. The van der Waals surface area contributed by atoms with Gasteiger partial charge in [0.25, 0.3) is 0 Å². The van der Waals surface area contributed by atoms with Gasteiger partial charge in [-0.05, 0) is 45.9 Å². The summed E-state index contributed by atoms with van der Waals surface area (Å²) in [5, 5.41) is 5.90. The van der Waals surface area contributed by atoms with Gasteiger partial charge in [-0.25, -0.2) is 14.4 Å². The van der Waals surface area contributed by atoms with Crippen molar-refractivity contribution in [3.63, 3.8) is 0 Å². The molecule has 1 aromatic rings. The van der Waals surface area contributed by atoms with Crippen molar-refractivity contribution < 1.29 is 28.6 Å². The van der Waals surface area contributed by atoms with Crippen LogP contribution in [-0.4, -0.2) is 98.9 Å². The maximum Gasteiger partial charge on any atom is 0.338 e. The molecule has 2 aliphatic heterocycles. The van der Waals surface area contributed by atoms with Crippen LogP contribution in [0.4, 0.5) is 9.59 Å². The first-order chi connectivity index (χ1) is 17.7. The van der Waals surface area contributed by atoms with E-state index in [2.05, 4.69) is 15.5 Å². The van der Waals surface area contributed by atoms with Crippen molar-refractivity contribution in [3.05, 3.63) is 35.0 Å². The van der Waals surface area contributed by atoms with Crippen LogP contribution in [0.1, 0.15) is 39.3 Å². The number of benzene rings is 1. The lowest BCUT2D eigenvalue weighted by atomic mass is 9.93. The first-order valence-corrected chi connectivity index (χ1v) is 12.7. The number of hydrogen-bond acceptors (Lipinski definition) is 7. The molecule has 3 rings (SSSR count). The number of amides is 4. The van der Waals surface area contributed by atoms with Gasteiger partial charge < -0.3 is 29.7 Å². The van der Waals surface area contributed by atoms with Crippen molar-refractivity contribution in [1.82, 2.24) is 25.3 Å². The maximum absolute atomic E-state index is 13.4. The van der Waals surface area contributed by atoms with Crippen LogP contribution in [0.5, 0.6) is 11.5 Å². The highest BCUT2D eigenvalue weighted by Crippen LogP contribution is 2.38. The van der Waals surface area contributed by atoms with Gasteiger partial charge in [0.2, 0.25) is 0 Å². The van der Waals surface area contributed by atoms with Crippen LogP contribution in [0.15, 0.2) is 29.5 Å². The number of rotatable bonds is 9. The number of piperazine rings is 1. The summed E-state index contributed by atoms with van der Waals surface area (Å²) in [4.78, 5) is 44.6. The van der Waals surface area contributed by atoms with Crippen LogP contribution in [0.3, 0.4) is 0 Å². The van der Waals surface area contributed by atoms with Gasteiger partial charge in [0.1, 0.15) is 11.5 Å². The van der Waals surface area contributed by atoms with Crippen molar-refractivity contribution in [3.8, 4) is 11.5 Å². The molecule has 11 nitrogen and oxygen atoms in total. The van der Waals surface area contributed by atoms with Gasteiger partial charge in [-0.3, -0.25) is 9.80 Å². The van der Waals surface area contributed by atoms with Crippen molar-refractivity contribution in [2.24, 2.45) is 0 Å². The Morgan fingerprint density at radius 2 is 1.81 bits per heavy atom. The van der Waals surface area contributed by atoms with Crippen LogP contribution < -0.4 is 20.1 Å². The summed E-state index contributed by atoms with van der Waals surface area (Å²) >= 11 is 0. The predicted octanol–water partition coefficient (Wildman–Crippen LogP) is 2.34. The molecule has 2 aliphatic rings. The van der Waals surface area contributed by atoms with Crippen molar-refractivity contribution in [2.45, 2.75) is 39.8 Å². The quantitative estimate of drug-likeness (QED) is 0.484. The molecule has 0 aliphatic carbocycles. The molecule has 4 amide bonds. The molecule has 0 spiro atoms. The van der Waals surface area contributed by atoms with Crippen LogP contribution in [0.25, 0.3) is 0 Å². The first kappa shape index (κ1) is 28.1. The molecule has 11 heteroatoms. The Morgan fingerprint density at radius 3 is 2.38 bits per heavy atom. The number of carbonyl (C=O) groups excluding carboxylic acids is 3. The highest BCUT2D eigenvalue weighted by Gasteiger charge is 2.40. The molecule has 37 heavy (non-hydrogen) atoms. The van der Waals surface area contributed by atoms with E-state index >= 15 is 0 Å². The second-order valence-corrected chi connectivity index (χ2v) is 9.18. The maximum atomic E-state index is 13.4. The zero-order valence-corrected chi connectivity index (χ0v) is 22.6. The van der Waals surface area contributed by atoms with Crippen LogP contribution in [-0.2, 0) is 9.53 Å². The second-order valence-electron chi connectivity index (χ2n) is 9.18. The average Bonchev–Trinajstić information content (AvgIpc) is 2.88. The summed E-state index contributed by atoms with van der Waals surface area (Å²) < 4.78 is 16.4. The Labute approximate surface area is 218 Å². The molecule has 1 atom stereocenters. The molecule has 1 saturated heterocycles. The number of methoxy groups -OCH3 is 2. The average molecular weight is 518 g/mol. The molecule has 204 valence electrons. The smallest absolute Gasteiger partial charge is 0.338 e. The van der Waals surface area contributed by atoms with Crippen molar-refractivity contribution in [1.29, 1.82) is 0 Å². The molecule has 0 aromatic heterocycles. The fraction of sp³-hybridized carbons (Fsp3) is 0.577. The molecule has 0 saturated carbocycles. The van der Waals surface area contributed by atoms with E-state index in [1.807, 2.05) is 20.8 Å². The van der Waals surface area contributed by atoms with E-state index in [0.29, 0.717) is 67.6 Å². The van der Waals surface area contributed by atoms with Crippen LogP contribution >= 0.6 is 0 Å². The molecule has 2 heterocycles. The molecular weight excluding hydrogens is 478 g/mol. The monoisotopic (exact) mass is 517 g/mol. The lowest BCUT2D eigenvalue weighted by Gasteiger charge is -2.40. The highest BCUT2D eigenvalue weighted by atomic mass is 16.5. The van der Waals surface area contributed by atoms with E-state index in [9.17, 15) is 14.4 Å². The van der Waals surface area contributed by atoms with Gasteiger partial charge >= 0.3 is 18.0 Å². The third-order valence-electron chi connectivity index (χ3n) is 6.44. The van der Waals surface area contributed by atoms with Crippen molar-refractivity contribution >= 4 is 18.0 Å². The number of hydrogen-bond donors (Lipinski definition) is 2. The fourth-order valence-corrected chi connectivity index (χ4v) is 4.62. The second kappa shape index (κ2) is 12.7. The standard InChI is InChI=1S/C26H39N5O6/c1-7-31-20(16-29-11-13-30(14-12-29)25(33)27-17(3)4)22(24(32)37-8-2)23(28-26(31)34)19-15-18(35-5)9-10-21(19)36-6/h9-10,15,17,23H,7-8,11-14,16H2,1-6H3,(H,27,33)(H,28,34)/t23-/m1/s1. The van der Waals surface area contributed by atoms with Gasteiger partial charge in [0.15, 0.2) is 0 Å². The third kappa shape index (κ3) is 6.46. The molecular formula is C26H39N5O6. The van der Waals surface area contributed by atoms with Gasteiger partial charge in [0.05, 0.1) is 32.4 Å². The number of nitrogens with one attached hydrogen (secondary N) is 2. The van der Waals surface area contributed by atoms with Crippen molar-refractivity contribution in [2.75, 3.05) is 60.1 Å². The molecule has 1 aromatic carbocycles. The normalized spacial score (nSPS) is 18.6. The van der Waals surface area contributed by atoms with E-state index in [-0.39, 0.29) is 24.7 Å². The predicted molar refractivity (Wildman–Crippen MR) is 139 cm³/mol. The van der Waals surface area contributed by atoms with Gasteiger partial charge in [-0.1, -0.05) is 0 Å². The Hall–Kier alpha value is -3.47. The summed E-state index contributed by atoms with van der Waals surface area (Å²) in [5.74, 6) is 0.589. The van der Waals surface area contributed by atoms with E-state index in [1.165, 1.54) is 7.11 Å². The molecule has 0 unspecified atom stereocenters. The number of carbonyl (C=O) groups is 3. The minimum atomic E-state index is -0.785. The zero-order chi connectivity index (χ0) is 27.1. The topological polar surface area (TPSA) is 113 Å². The van der Waals surface area contributed by atoms with E-state index < -0.39 is 12.0 Å². The zero-order valence-electron chi connectivity index (χ0n) is 22.6. The number of urea groups is 2. The lowest BCUT2D eigenvalue weighted by Crippen LogP contribution is -2.55. The van der Waals surface area contributed by atoms with Gasteiger partial charge in [-0.15, -0.1) is 0 Å². The van der Waals surface area contributed by atoms with Gasteiger partial charge in [0, 0.05) is 56.6 Å². The number of nitrogens with zero attached hydrogens (tertiary/aromatic N) is 3. The lowest BCUT2D eigenvalue weighted by molar-refractivity contribution is -0.139. The summed E-state index contributed by atoms with van der Waals surface area (Å²) in [7, 11) is 3.09. The van der Waals surface area contributed by atoms with E-state index in [0.717, 1.165) is 0 Å². The molecule has 2 N–H and O–H groups in total. The Balaban J connectivity index is 1.99. The number of ether oxygens (including phenoxy) is 3. The summed E-state index contributed by atoms with van der Waals surface area (Å²) in [6, 6.07) is 4.15. The Kier molecular flexibility index (Phi) is 9.62. The van der Waals surface area contributed by atoms with E-state index in [1.54, 1.807) is 42.0 Å². The van der Waals surface area contributed by atoms with E-state index in [4.69, 9.17) is 14.2 Å². The fourth-order valence-electron chi connectivity index (χ4n) is 4.62. The minimum Gasteiger partial charge on any atom is -0.497 e. The van der Waals surface area contributed by atoms with Crippen LogP contribution in [0.2, 0.25) is 0 Å². The minimum absolute atomic E-state index is 0.0622. The Morgan fingerprint density at radius 1 is 1.11 bits per heavy atom. The highest BCUT2D eigenvalue weighted by molar-refractivity contribution is 5.95. The summed E-state index contributed by atoms with van der Waals surface area (Å²) in [6.07, 6.45) is 0. The molecule has 1 fully saturated rings. The summed E-state index contributed by atoms with van der Waals surface area (Å²) in [5.41, 5.74) is 1.54. The van der Waals surface area contributed by atoms with Gasteiger partial charge in [-0.2, -0.15) is 0 Å². The SMILES string of the molecule is CCOC(=O)C1=C(CN2CCN(C(=O)NC(C)C)CC2)N(CC)C(=O)N[C@@H]1c1cc(OC)ccc1OC. The largest absolute Gasteiger partial charge is 0.497 e. The third-order valence-corrected chi connectivity index (χ3v) is 6.44. The number of likely N-dealkylation sites (N-methyl/N-ethyl adjacent to an activating group) is 1. The summed E-state index contributed by atoms with van der Waals surface area (Å²) in [6.45, 7) is 10.7. The van der Waals surface area contributed by atoms with Crippen LogP contribution in [0, 0.1) is 0 Å². The Bertz CT molecular complexity index is 1020. The molecule has 0 bridgehead atoms.